The largest absolute Gasteiger partial charge is 0.317 e. The second kappa shape index (κ2) is 15.0. The highest BCUT2D eigenvalue weighted by Crippen LogP contribution is 2.16. The smallest absolute Gasteiger partial charge is 0.280 e. The van der Waals surface area contributed by atoms with E-state index >= 15 is 0 Å². The van der Waals surface area contributed by atoms with Gasteiger partial charge in [0.05, 0.1) is 0 Å². The van der Waals surface area contributed by atoms with Gasteiger partial charge in [-0.05, 0) is 53.6 Å². The quantitative estimate of drug-likeness (QED) is 0.376. The van der Waals surface area contributed by atoms with Crippen molar-refractivity contribution in [1.29, 1.82) is 0 Å². The Labute approximate surface area is 186 Å². The van der Waals surface area contributed by atoms with Crippen LogP contribution in [0.1, 0.15) is 52.7 Å². The standard InChI is InChI=1S/C15H14N2O2S2.2C4H10/c18-14(20)16-12-5-1-10(2-6-12)9-11-3-7-13(8-4-11)17-15(19)21;2*1-4(2)3/h1-8H,9H2,(H2,16,18,20)(H2,17,19,21);2*4H,1-3H3. The molecule has 6 heteroatoms. The van der Waals surface area contributed by atoms with Gasteiger partial charge in [-0.25, -0.2) is 0 Å². The van der Waals surface area contributed by atoms with E-state index in [4.69, 9.17) is 0 Å². The summed E-state index contributed by atoms with van der Waals surface area (Å²) in [6.07, 6.45) is 0.768. The summed E-state index contributed by atoms with van der Waals surface area (Å²) >= 11 is 7.33. The van der Waals surface area contributed by atoms with E-state index in [0.29, 0.717) is 11.4 Å². The molecule has 2 aromatic rings. The molecule has 29 heavy (non-hydrogen) atoms. The molecule has 2 aromatic carbocycles. The van der Waals surface area contributed by atoms with Crippen molar-refractivity contribution in [2.24, 2.45) is 11.8 Å². The Morgan fingerprint density at radius 1 is 0.655 bits per heavy atom. The molecule has 2 rings (SSSR count). The Hall–Kier alpha value is -1.92. The summed E-state index contributed by atoms with van der Waals surface area (Å²) in [4.78, 5) is 21.6. The summed E-state index contributed by atoms with van der Waals surface area (Å²) < 4.78 is 0. The van der Waals surface area contributed by atoms with E-state index in [1.54, 1.807) is 0 Å². The van der Waals surface area contributed by atoms with E-state index in [2.05, 4.69) is 77.4 Å². The number of thiol groups is 2. The summed E-state index contributed by atoms with van der Waals surface area (Å²) in [5.41, 5.74) is 3.67. The molecule has 0 radical (unpaired) electrons. The van der Waals surface area contributed by atoms with Crippen molar-refractivity contribution >= 4 is 47.1 Å². The minimum atomic E-state index is -0.385. The van der Waals surface area contributed by atoms with Crippen LogP contribution in [0.2, 0.25) is 0 Å². The van der Waals surface area contributed by atoms with Gasteiger partial charge in [0.25, 0.3) is 10.5 Å². The molecule has 160 valence electrons. The first-order valence-electron chi connectivity index (χ1n) is 9.67. The average molecular weight is 435 g/mol. The average Bonchev–Trinajstić information content (AvgIpc) is 2.56. The second-order valence-corrected chi connectivity index (χ2v) is 8.71. The molecule has 0 aliphatic carbocycles. The third-order valence-corrected chi connectivity index (χ3v) is 3.04. The van der Waals surface area contributed by atoms with Crippen molar-refractivity contribution in [2.45, 2.75) is 48.0 Å². The van der Waals surface area contributed by atoms with Gasteiger partial charge in [-0.15, -0.1) is 0 Å². The number of anilines is 2. The molecule has 0 bridgehead atoms. The third kappa shape index (κ3) is 16.7. The number of nitrogens with one attached hydrogen (secondary N) is 2. The Kier molecular flexibility index (Phi) is 14.0. The number of benzene rings is 2. The van der Waals surface area contributed by atoms with Crippen LogP contribution in [0.5, 0.6) is 0 Å². The summed E-state index contributed by atoms with van der Waals surface area (Å²) in [7, 11) is 0. The molecule has 0 saturated carbocycles. The molecule has 0 unspecified atom stereocenters. The maximum Gasteiger partial charge on any atom is 0.280 e. The third-order valence-electron chi connectivity index (χ3n) is 2.82. The monoisotopic (exact) mass is 434 g/mol. The van der Waals surface area contributed by atoms with E-state index in [0.717, 1.165) is 29.4 Å². The maximum atomic E-state index is 10.8. The maximum absolute atomic E-state index is 10.8. The molecular formula is C23H34N2O2S2. The molecule has 2 N–H and O–H groups in total. The highest BCUT2D eigenvalue weighted by atomic mass is 32.1. The fourth-order valence-corrected chi connectivity index (χ4v) is 2.15. The van der Waals surface area contributed by atoms with E-state index in [1.807, 2.05) is 48.5 Å². The Bertz CT molecular complexity index is 659. The van der Waals surface area contributed by atoms with Crippen LogP contribution in [-0.2, 0) is 6.42 Å². The van der Waals surface area contributed by atoms with Crippen molar-refractivity contribution in [3.8, 4) is 0 Å². The van der Waals surface area contributed by atoms with Gasteiger partial charge in [0.1, 0.15) is 0 Å². The first-order chi connectivity index (χ1) is 13.5. The molecule has 0 atom stereocenters. The molecule has 0 aliphatic heterocycles. The van der Waals surface area contributed by atoms with Crippen LogP contribution in [0.3, 0.4) is 0 Å². The first kappa shape index (κ1) is 27.1. The van der Waals surface area contributed by atoms with Crippen molar-refractivity contribution < 1.29 is 9.59 Å². The lowest BCUT2D eigenvalue weighted by Gasteiger charge is -2.06. The number of carbonyl (C=O) groups excluding carboxylic acids is 2. The molecular weight excluding hydrogens is 400 g/mol. The highest BCUT2D eigenvalue weighted by Gasteiger charge is 2.00. The predicted octanol–water partition coefficient (Wildman–Crippen LogP) is 7.53. The number of rotatable bonds is 4. The lowest BCUT2D eigenvalue weighted by Crippen LogP contribution is -2.01. The summed E-state index contributed by atoms with van der Waals surface area (Å²) in [5.74, 6) is 1.67. The highest BCUT2D eigenvalue weighted by molar-refractivity contribution is 7.97. The van der Waals surface area contributed by atoms with Crippen LogP contribution < -0.4 is 10.6 Å². The lowest BCUT2D eigenvalue weighted by atomic mass is 10.0. The lowest BCUT2D eigenvalue weighted by molar-refractivity contribution is 0.269. The minimum absolute atomic E-state index is 0.385. The van der Waals surface area contributed by atoms with E-state index in [-0.39, 0.29) is 10.5 Å². The first-order valence-corrected chi connectivity index (χ1v) is 10.6. The van der Waals surface area contributed by atoms with Gasteiger partial charge in [-0.3, -0.25) is 9.59 Å². The molecule has 0 spiro atoms. The minimum Gasteiger partial charge on any atom is -0.317 e. The van der Waals surface area contributed by atoms with Crippen LogP contribution in [0.4, 0.5) is 21.0 Å². The van der Waals surface area contributed by atoms with E-state index in [1.165, 1.54) is 0 Å². The second-order valence-electron chi connectivity index (χ2n) is 7.90. The molecule has 0 fully saturated rings. The van der Waals surface area contributed by atoms with Crippen LogP contribution in [-0.4, -0.2) is 10.5 Å². The topological polar surface area (TPSA) is 58.2 Å². The van der Waals surface area contributed by atoms with Gasteiger partial charge < -0.3 is 10.6 Å². The fraction of sp³-hybridized carbons (Fsp3) is 0.391. The molecule has 4 nitrogen and oxygen atoms in total. The van der Waals surface area contributed by atoms with Crippen molar-refractivity contribution in [3.05, 3.63) is 59.7 Å². The van der Waals surface area contributed by atoms with E-state index < -0.39 is 0 Å². The zero-order valence-electron chi connectivity index (χ0n) is 18.2. The Balaban J connectivity index is 0.000000837. The van der Waals surface area contributed by atoms with Crippen LogP contribution in [0.25, 0.3) is 0 Å². The van der Waals surface area contributed by atoms with Crippen molar-refractivity contribution in [3.63, 3.8) is 0 Å². The zero-order valence-corrected chi connectivity index (χ0v) is 20.0. The van der Waals surface area contributed by atoms with Gasteiger partial charge >= 0.3 is 0 Å². The van der Waals surface area contributed by atoms with Crippen LogP contribution in [0, 0.1) is 11.8 Å². The molecule has 0 aliphatic rings. The normalized spacial score (nSPS) is 9.72. The van der Waals surface area contributed by atoms with Crippen molar-refractivity contribution in [2.75, 3.05) is 10.6 Å². The molecule has 0 saturated heterocycles. The van der Waals surface area contributed by atoms with Gasteiger partial charge in [-0.1, -0.05) is 91.1 Å². The van der Waals surface area contributed by atoms with Crippen LogP contribution in [0.15, 0.2) is 48.5 Å². The number of hydrogen-bond acceptors (Lipinski definition) is 2. The molecule has 0 aromatic heterocycles. The summed E-state index contributed by atoms with van der Waals surface area (Å²) in [6.45, 7) is 13.0. The van der Waals surface area contributed by atoms with Gasteiger partial charge in [0.15, 0.2) is 0 Å². The fourth-order valence-electron chi connectivity index (χ4n) is 1.89. The van der Waals surface area contributed by atoms with Gasteiger partial charge in [0.2, 0.25) is 0 Å². The summed E-state index contributed by atoms with van der Waals surface area (Å²) in [6, 6.07) is 15.1. The van der Waals surface area contributed by atoms with E-state index in [9.17, 15) is 9.59 Å². The molecule has 2 amide bonds. The molecule has 0 heterocycles. The number of amides is 2. The summed E-state index contributed by atoms with van der Waals surface area (Å²) in [5, 5.41) is 4.43. The number of carbonyl (C=O) groups is 2. The zero-order chi connectivity index (χ0) is 22.4. The Morgan fingerprint density at radius 2 is 0.897 bits per heavy atom. The van der Waals surface area contributed by atoms with Crippen molar-refractivity contribution in [1.82, 2.24) is 0 Å². The number of hydrogen-bond donors (Lipinski definition) is 4. The van der Waals surface area contributed by atoms with Crippen LogP contribution >= 0.6 is 25.3 Å². The van der Waals surface area contributed by atoms with Gasteiger partial charge in [-0.2, -0.15) is 0 Å². The predicted molar refractivity (Wildman–Crippen MR) is 133 cm³/mol. The SMILES string of the molecule is CC(C)C.CC(C)C.O=C(S)Nc1ccc(Cc2ccc(NC(=O)S)cc2)cc1. The Morgan fingerprint density at radius 3 is 1.10 bits per heavy atom. The van der Waals surface area contributed by atoms with Gasteiger partial charge in [0, 0.05) is 11.4 Å².